The molecule has 3 N–H and O–H groups in total. The van der Waals surface area contributed by atoms with Crippen LogP contribution in [0.3, 0.4) is 0 Å². The highest BCUT2D eigenvalue weighted by Gasteiger charge is 2.37. The number of rotatable bonds is 2. The number of ether oxygens (including phenoxy) is 1. The SMILES string of the molecule is N#CC1=C(N)Oc2n[nH]c(-c3ccc(Cl)c(Cl)c3)c2[C@H]1c1cccc(C(F)(F)F)c1. The predicted octanol–water partition coefficient (Wildman–Crippen LogP) is 5.62. The fourth-order valence-corrected chi connectivity index (χ4v) is 3.64. The van der Waals surface area contributed by atoms with Crippen molar-refractivity contribution in [1.29, 1.82) is 5.26 Å². The van der Waals surface area contributed by atoms with Crippen LogP contribution in [0.25, 0.3) is 11.3 Å². The van der Waals surface area contributed by atoms with Crippen molar-refractivity contribution >= 4 is 23.2 Å². The van der Waals surface area contributed by atoms with Crippen LogP contribution in [0.2, 0.25) is 10.0 Å². The molecule has 5 nitrogen and oxygen atoms in total. The number of hydrogen-bond donors (Lipinski definition) is 2. The van der Waals surface area contributed by atoms with E-state index in [1.54, 1.807) is 18.2 Å². The molecule has 0 saturated heterocycles. The van der Waals surface area contributed by atoms with Crippen LogP contribution in [0.4, 0.5) is 13.2 Å². The molecule has 0 aliphatic carbocycles. The third-order valence-electron chi connectivity index (χ3n) is 4.69. The maximum Gasteiger partial charge on any atom is 0.416 e. The van der Waals surface area contributed by atoms with Crippen LogP contribution >= 0.6 is 23.2 Å². The number of benzene rings is 2. The van der Waals surface area contributed by atoms with Gasteiger partial charge in [0, 0.05) is 5.56 Å². The summed E-state index contributed by atoms with van der Waals surface area (Å²) in [6.45, 7) is 0. The monoisotopic (exact) mass is 450 g/mol. The van der Waals surface area contributed by atoms with E-state index in [0.717, 1.165) is 12.1 Å². The lowest BCUT2D eigenvalue weighted by atomic mass is 9.82. The first-order valence-electron chi connectivity index (χ1n) is 8.49. The van der Waals surface area contributed by atoms with E-state index in [1.165, 1.54) is 12.1 Å². The zero-order chi connectivity index (χ0) is 21.6. The number of aromatic amines is 1. The largest absolute Gasteiger partial charge is 0.420 e. The van der Waals surface area contributed by atoms with E-state index in [-0.39, 0.29) is 27.9 Å². The maximum absolute atomic E-state index is 13.3. The molecule has 3 aromatic rings. The van der Waals surface area contributed by atoms with Crippen molar-refractivity contribution in [3.8, 4) is 23.2 Å². The standard InChI is InChI=1S/C20H11Cl2F3N4O/c21-13-5-4-10(7-14(13)22)17-16-15(9-2-1-3-11(6-9)20(23,24)25)12(8-26)18(27)30-19(16)29-28-17/h1-7,15H,27H2,(H,28,29)/t15-/m0/s1. The van der Waals surface area contributed by atoms with Crippen molar-refractivity contribution in [3.05, 3.63) is 80.7 Å². The summed E-state index contributed by atoms with van der Waals surface area (Å²) in [5, 5.41) is 17.2. The molecule has 1 aromatic heterocycles. The molecule has 0 saturated carbocycles. The van der Waals surface area contributed by atoms with Gasteiger partial charge >= 0.3 is 6.18 Å². The Morgan fingerprint density at radius 1 is 1.13 bits per heavy atom. The molecule has 1 atom stereocenters. The second kappa shape index (κ2) is 7.27. The van der Waals surface area contributed by atoms with Crippen LogP contribution < -0.4 is 10.5 Å². The maximum atomic E-state index is 13.3. The Hall–Kier alpha value is -3.15. The van der Waals surface area contributed by atoms with E-state index < -0.39 is 17.7 Å². The molecule has 0 bridgehead atoms. The number of fused-ring (bicyclic) bond motifs is 1. The number of nitrogens with two attached hydrogens (primary N) is 1. The second-order valence-corrected chi connectivity index (χ2v) is 7.31. The van der Waals surface area contributed by atoms with Crippen molar-refractivity contribution in [3.63, 3.8) is 0 Å². The summed E-state index contributed by atoms with van der Waals surface area (Å²) in [5.41, 5.74) is 6.58. The minimum atomic E-state index is -4.55. The molecule has 0 radical (unpaired) electrons. The van der Waals surface area contributed by atoms with Crippen LogP contribution in [0.5, 0.6) is 5.88 Å². The van der Waals surface area contributed by atoms with Gasteiger partial charge in [0.05, 0.1) is 32.8 Å². The molecular weight excluding hydrogens is 440 g/mol. The minimum absolute atomic E-state index is 0.0236. The Bertz CT molecular complexity index is 1230. The van der Waals surface area contributed by atoms with Gasteiger partial charge in [0.25, 0.3) is 0 Å². The molecule has 0 unspecified atom stereocenters. The number of nitrogens with zero attached hydrogens (tertiary/aromatic N) is 2. The zero-order valence-electron chi connectivity index (χ0n) is 14.9. The highest BCUT2D eigenvalue weighted by molar-refractivity contribution is 6.42. The molecule has 152 valence electrons. The molecule has 1 aliphatic heterocycles. The molecule has 0 fully saturated rings. The number of H-pyrrole nitrogens is 1. The van der Waals surface area contributed by atoms with Crippen molar-refractivity contribution < 1.29 is 17.9 Å². The number of nitrogens with one attached hydrogen (secondary N) is 1. The molecule has 4 rings (SSSR count). The van der Waals surface area contributed by atoms with Crippen molar-refractivity contribution in [2.75, 3.05) is 0 Å². The fourth-order valence-electron chi connectivity index (χ4n) is 3.34. The lowest BCUT2D eigenvalue weighted by Gasteiger charge is -2.24. The average molecular weight is 451 g/mol. The first-order valence-corrected chi connectivity index (χ1v) is 9.24. The van der Waals surface area contributed by atoms with Crippen LogP contribution in [0.15, 0.2) is 53.9 Å². The third-order valence-corrected chi connectivity index (χ3v) is 5.43. The van der Waals surface area contributed by atoms with E-state index in [1.807, 2.05) is 6.07 Å². The minimum Gasteiger partial charge on any atom is -0.420 e. The van der Waals surface area contributed by atoms with E-state index >= 15 is 0 Å². The Morgan fingerprint density at radius 2 is 1.90 bits per heavy atom. The topological polar surface area (TPSA) is 87.7 Å². The zero-order valence-corrected chi connectivity index (χ0v) is 16.4. The van der Waals surface area contributed by atoms with Gasteiger partial charge in [-0.2, -0.15) is 18.4 Å². The Kier molecular flexibility index (Phi) is 4.88. The summed E-state index contributed by atoms with van der Waals surface area (Å²) in [6.07, 6.45) is -4.55. The molecule has 2 heterocycles. The molecular formula is C20H11Cl2F3N4O. The smallest absolute Gasteiger partial charge is 0.416 e. The van der Waals surface area contributed by atoms with Crippen molar-refractivity contribution in [1.82, 2.24) is 10.2 Å². The van der Waals surface area contributed by atoms with Gasteiger partial charge < -0.3 is 10.5 Å². The van der Waals surface area contributed by atoms with E-state index in [0.29, 0.717) is 21.8 Å². The quantitative estimate of drug-likeness (QED) is 0.530. The van der Waals surface area contributed by atoms with E-state index in [2.05, 4.69) is 10.2 Å². The van der Waals surface area contributed by atoms with Crippen LogP contribution in [-0.4, -0.2) is 10.2 Å². The third kappa shape index (κ3) is 3.36. The first-order chi connectivity index (χ1) is 14.2. The fraction of sp³-hybridized carbons (Fsp3) is 0.100. The lowest BCUT2D eigenvalue weighted by Crippen LogP contribution is -2.21. The van der Waals surface area contributed by atoms with Crippen LogP contribution in [0, 0.1) is 11.3 Å². The summed E-state index contributed by atoms with van der Waals surface area (Å²) in [5.74, 6) is -1.08. The summed E-state index contributed by atoms with van der Waals surface area (Å²) >= 11 is 12.1. The van der Waals surface area contributed by atoms with Gasteiger partial charge in [-0.05, 0) is 23.8 Å². The van der Waals surface area contributed by atoms with Gasteiger partial charge in [-0.1, -0.05) is 47.5 Å². The molecule has 10 heteroatoms. The summed E-state index contributed by atoms with van der Waals surface area (Å²) in [4.78, 5) is 0. The summed E-state index contributed by atoms with van der Waals surface area (Å²) in [6, 6.07) is 11.5. The Morgan fingerprint density at radius 3 is 2.57 bits per heavy atom. The van der Waals surface area contributed by atoms with Gasteiger partial charge in [0.1, 0.15) is 11.6 Å². The highest BCUT2D eigenvalue weighted by atomic mass is 35.5. The van der Waals surface area contributed by atoms with E-state index in [9.17, 15) is 18.4 Å². The summed E-state index contributed by atoms with van der Waals surface area (Å²) < 4.78 is 45.3. The number of allylic oxidation sites excluding steroid dienone is 1. The van der Waals surface area contributed by atoms with Crippen molar-refractivity contribution in [2.45, 2.75) is 12.1 Å². The van der Waals surface area contributed by atoms with Gasteiger partial charge in [-0.15, -0.1) is 5.10 Å². The highest BCUT2D eigenvalue weighted by Crippen LogP contribution is 2.46. The van der Waals surface area contributed by atoms with E-state index in [4.69, 9.17) is 33.7 Å². The second-order valence-electron chi connectivity index (χ2n) is 6.49. The number of halogens is 5. The normalized spacial score (nSPS) is 16.1. The number of aromatic nitrogens is 2. The Balaban J connectivity index is 1.95. The first kappa shape index (κ1) is 20.1. The summed E-state index contributed by atoms with van der Waals surface area (Å²) in [7, 11) is 0. The van der Waals surface area contributed by atoms with Crippen LogP contribution in [0.1, 0.15) is 22.6 Å². The molecule has 1 aliphatic rings. The lowest BCUT2D eigenvalue weighted by molar-refractivity contribution is -0.137. The number of hydrogen-bond acceptors (Lipinski definition) is 4. The average Bonchev–Trinajstić information content (AvgIpc) is 3.11. The van der Waals surface area contributed by atoms with Gasteiger partial charge in [-0.25, -0.2) is 0 Å². The Labute approximate surface area is 178 Å². The van der Waals surface area contributed by atoms with Crippen molar-refractivity contribution in [2.24, 2.45) is 5.73 Å². The molecule has 0 spiro atoms. The van der Waals surface area contributed by atoms with Crippen LogP contribution in [-0.2, 0) is 6.18 Å². The number of alkyl halides is 3. The molecule has 30 heavy (non-hydrogen) atoms. The molecule has 2 aromatic carbocycles. The van der Waals surface area contributed by atoms with Gasteiger partial charge in [0.15, 0.2) is 0 Å². The van der Waals surface area contributed by atoms with Gasteiger partial charge in [-0.3, -0.25) is 5.10 Å². The predicted molar refractivity (Wildman–Crippen MR) is 105 cm³/mol. The number of nitriles is 1. The molecule has 0 amide bonds. The van der Waals surface area contributed by atoms with Gasteiger partial charge in [0.2, 0.25) is 11.8 Å².